The SMILES string of the molecule is CC(C)(C)OC(=O)C1CCNN1C(=O)C(CCC(=O)O)N1C(=O)c2ccccc2C1=O. The van der Waals surface area contributed by atoms with Crippen LogP contribution in [0.5, 0.6) is 0 Å². The summed E-state index contributed by atoms with van der Waals surface area (Å²) in [6, 6.07) is 3.83. The van der Waals surface area contributed by atoms with Crippen LogP contribution < -0.4 is 5.43 Å². The molecule has 3 amide bonds. The Morgan fingerprint density at radius 2 is 1.74 bits per heavy atom. The third kappa shape index (κ3) is 4.58. The molecule has 0 radical (unpaired) electrons. The Hall–Kier alpha value is -3.27. The molecule has 166 valence electrons. The molecule has 0 aromatic heterocycles. The molecule has 31 heavy (non-hydrogen) atoms. The van der Waals surface area contributed by atoms with Gasteiger partial charge in [0.1, 0.15) is 17.7 Å². The van der Waals surface area contributed by atoms with E-state index in [0.29, 0.717) is 6.54 Å². The van der Waals surface area contributed by atoms with Crippen LogP contribution in [-0.2, 0) is 19.1 Å². The maximum Gasteiger partial charge on any atom is 0.331 e. The minimum atomic E-state index is -1.38. The molecule has 0 aliphatic carbocycles. The number of nitrogens with zero attached hydrogens (tertiary/aromatic N) is 2. The van der Waals surface area contributed by atoms with Crippen molar-refractivity contribution in [1.82, 2.24) is 15.3 Å². The van der Waals surface area contributed by atoms with Gasteiger partial charge in [-0.05, 0) is 45.7 Å². The van der Waals surface area contributed by atoms with E-state index in [4.69, 9.17) is 9.84 Å². The molecule has 10 heteroatoms. The number of carboxylic acid groups (broad SMARTS) is 1. The predicted octanol–water partition coefficient (Wildman–Crippen LogP) is 0.963. The number of fused-ring (bicyclic) bond motifs is 1. The lowest BCUT2D eigenvalue weighted by atomic mass is 10.1. The van der Waals surface area contributed by atoms with Crippen LogP contribution >= 0.6 is 0 Å². The van der Waals surface area contributed by atoms with Gasteiger partial charge in [0.2, 0.25) is 0 Å². The second kappa shape index (κ2) is 8.46. The van der Waals surface area contributed by atoms with Gasteiger partial charge in [-0.3, -0.25) is 29.1 Å². The number of carbonyl (C=O) groups is 5. The van der Waals surface area contributed by atoms with Crippen molar-refractivity contribution in [3.05, 3.63) is 35.4 Å². The molecule has 2 unspecified atom stereocenters. The van der Waals surface area contributed by atoms with Gasteiger partial charge in [-0.15, -0.1) is 0 Å². The maximum atomic E-state index is 13.4. The molecule has 2 heterocycles. The van der Waals surface area contributed by atoms with Crippen molar-refractivity contribution < 1.29 is 33.8 Å². The zero-order chi connectivity index (χ0) is 22.9. The molecule has 2 aliphatic heterocycles. The molecular weight excluding hydrogens is 406 g/mol. The fourth-order valence-electron chi connectivity index (χ4n) is 3.66. The van der Waals surface area contributed by atoms with Crippen molar-refractivity contribution in [3.63, 3.8) is 0 Å². The Labute approximate surface area is 179 Å². The predicted molar refractivity (Wildman–Crippen MR) is 107 cm³/mol. The van der Waals surface area contributed by atoms with Gasteiger partial charge in [-0.2, -0.15) is 0 Å². The number of imide groups is 1. The molecule has 2 aliphatic rings. The number of rotatable bonds is 6. The Morgan fingerprint density at radius 1 is 1.16 bits per heavy atom. The molecule has 2 N–H and O–H groups in total. The number of esters is 1. The maximum absolute atomic E-state index is 13.4. The number of carboxylic acids is 1. The molecule has 1 fully saturated rings. The van der Waals surface area contributed by atoms with Crippen LogP contribution in [0.4, 0.5) is 0 Å². The third-order valence-electron chi connectivity index (χ3n) is 4.98. The van der Waals surface area contributed by atoms with Crippen LogP contribution in [-0.4, -0.2) is 68.9 Å². The quantitative estimate of drug-likeness (QED) is 0.503. The zero-order valence-electron chi connectivity index (χ0n) is 17.6. The number of aliphatic carboxylic acids is 1. The Balaban J connectivity index is 1.89. The van der Waals surface area contributed by atoms with Crippen molar-refractivity contribution in [2.24, 2.45) is 0 Å². The fraction of sp³-hybridized carbons (Fsp3) is 0.476. The van der Waals surface area contributed by atoms with Gasteiger partial charge in [0, 0.05) is 13.0 Å². The molecule has 0 saturated carbocycles. The van der Waals surface area contributed by atoms with Crippen LogP contribution in [0.3, 0.4) is 0 Å². The number of ether oxygens (including phenoxy) is 1. The lowest BCUT2D eigenvalue weighted by Gasteiger charge is -2.32. The minimum absolute atomic E-state index is 0.152. The van der Waals surface area contributed by atoms with Crippen molar-refractivity contribution in [1.29, 1.82) is 0 Å². The number of amides is 3. The van der Waals surface area contributed by atoms with Gasteiger partial charge in [-0.1, -0.05) is 12.1 Å². The van der Waals surface area contributed by atoms with E-state index < -0.39 is 53.8 Å². The summed E-state index contributed by atoms with van der Waals surface area (Å²) < 4.78 is 5.38. The first kappa shape index (κ1) is 22.4. The monoisotopic (exact) mass is 431 g/mol. The number of carbonyl (C=O) groups excluding carboxylic acids is 4. The second-order valence-corrected chi connectivity index (χ2v) is 8.43. The number of hydrazine groups is 1. The summed E-state index contributed by atoms with van der Waals surface area (Å²) in [6.07, 6.45) is -0.429. The van der Waals surface area contributed by atoms with E-state index >= 15 is 0 Å². The van der Waals surface area contributed by atoms with E-state index in [2.05, 4.69) is 5.43 Å². The summed E-state index contributed by atoms with van der Waals surface area (Å²) in [6.45, 7) is 5.42. The second-order valence-electron chi connectivity index (χ2n) is 8.43. The highest BCUT2D eigenvalue weighted by Gasteiger charge is 2.47. The molecule has 3 rings (SSSR count). The van der Waals surface area contributed by atoms with Crippen LogP contribution in [0, 0.1) is 0 Å². The van der Waals surface area contributed by atoms with E-state index in [1.165, 1.54) is 12.1 Å². The summed E-state index contributed by atoms with van der Waals surface area (Å²) in [4.78, 5) is 63.7. The summed E-state index contributed by atoms with van der Waals surface area (Å²) in [7, 11) is 0. The topological polar surface area (TPSA) is 133 Å². The fourth-order valence-corrected chi connectivity index (χ4v) is 3.66. The first-order valence-electron chi connectivity index (χ1n) is 9.99. The molecule has 2 atom stereocenters. The highest BCUT2D eigenvalue weighted by atomic mass is 16.6. The van der Waals surface area contributed by atoms with Crippen molar-refractivity contribution in [2.45, 2.75) is 57.7 Å². The first-order valence-corrected chi connectivity index (χ1v) is 9.99. The Kier molecular flexibility index (Phi) is 6.12. The molecular formula is C21H25N3O7. The Morgan fingerprint density at radius 3 is 2.26 bits per heavy atom. The van der Waals surface area contributed by atoms with Crippen LogP contribution in [0.2, 0.25) is 0 Å². The molecule has 0 spiro atoms. The molecule has 1 aromatic carbocycles. The molecule has 1 saturated heterocycles. The molecule has 0 bridgehead atoms. The van der Waals surface area contributed by atoms with Gasteiger partial charge in [0.25, 0.3) is 17.7 Å². The van der Waals surface area contributed by atoms with Crippen molar-refractivity contribution in [3.8, 4) is 0 Å². The first-order chi connectivity index (χ1) is 14.5. The lowest BCUT2D eigenvalue weighted by Crippen LogP contribution is -2.56. The zero-order valence-corrected chi connectivity index (χ0v) is 17.6. The highest BCUT2D eigenvalue weighted by Crippen LogP contribution is 2.28. The van der Waals surface area contributed by atoms with E-state index in [1.54, 1.807) is 32.9 Å². The van der Waals surface area contributed by atoms with E-state index in [1.807, 2.05) is 0 Å². The number of hydrogen-bond donors (Lipinski definition) is 2. The average molecular weight is 431 g/mol. The van der Waals surface area contributed by atoms with E-state index in [9.17, 15) is 24.0 Å². The Bertz CT molecular complexity index is 902. The number of hydrogen-bond acceptors (Lipinski definition) is 7. The largest absolute Gasteiger partial charge is 0.481 e. The van der Waals surface area contributed by atoms with E-state index in [0.717, 1.165) is 9.91 Å². The number of nitrogens with one attached hydrogen (secondary N) is 1. The minimum Gasteiger partial charge on any atom is -0.481 e. The van der Waals surface area contributed by atoms with E-state index in [-0.39, 0.29) is 24.0 Å². The number of benzene rings is 1. The molecule has 1 aromatic rings. The van der Waals surface area contributed by atoms with Crippen LogP contribution in [0.25, 0.3) is 0 Å². The summed E-state index contributed by atoms with van der Waals surface area (Å²) >= 11 is 0. The summed E-state index contributed by atoms with van der Waals surface area (Å²) in [5.74, 6) is -3.86. The standard InChI is InChI=1S/C21H25N3O7/c1-21(2,3)31-20(30)15-10-11-22-24(15)19(29)14(8-9-16(25)26)23-17(27)12-6-4-5-7-13(12)18(23)28/h4-7,14-15,22H,8-11H2,1-3H3,(H,25,26). The van der Waals surface area contributed by atoms with Crippen LogP contribution in [0.15, 0.2) is 24.3 Å². The van der Waals surface area contributed by atoms with Crippen molar-refractivity contribution in [2.75, 3.05) is 6.54 Å². The highest BCUT2D eigenvalue weighted by molar-refractivity contribution is 6.22. The van der Waals surface area contributed by atoms with Crippen LogP contribution in [0.1, 0.15) is 60.7 Å². The van der Waals surface area contributed by atoms with Gasteiger partial charge in [0.05, 0.1) is 11.1 Å². The average Bonchev–Trinajstić information content (AvgIpc) is 3.26. The van der Waals surface area contributed by atoms with Gasteiger partial charge in [0.15, 0.2) is 0 Å². The van der Waals surface area contributed by atoms with Gasteiger partial charge in [-0.25, -0.2) is 10.2 Å². The summed E-state index contributed by atoms with van der Waals surface area (Å²) in [5, 5.41) is 10.2. The normalized spacial score (nSPS) is 19.4. The summed E-state index contributed by atoms with van der Waals surface area (Å²) in [5.41, 5.74) is 2.34. The smallest absolute Gasteiger partial charge is 0.331 e. The van der Waals surface area contributed by atoms with Gasteiger partial charge >= 0.3 is 11.9 Å². The molecule has 10 nitrogen and oxygen atoms in total. The van der Waals surface area contributed by atoms with Crippen molar-refractivity contribution >= 4 is 29.7 Å². The third-order valence-corrected chi connectivity index (χ3v) is 4.98. The lowest BCUT2D eigenvalue weighted by molar-refractivity contribution is -0.165. The van der Waals surface area contributed by atoms with Gasteiger partial charge < -0.3 is 9.84 Å².